The number of sulfonamides is 1. The lowest BCUT2D eigenvalue weighted by Gasteiger charge is -2.25. The second-order valence-corrected chi connectivity index (χ2v) is 11.5. The van der Waals surface area contributed by atoms with Gasteiger partial charge in [-0.15, -0.1) is 0 Å². The maximum Gasteiger partial charge on any atom is 0.264 e. The number of hydrogen-bond donors (Lipinski definition) is 1. The summed E-state index contributed by atoms with van der Waals surface area (Å²) >= 11 is 6.09. The topological polar surface area (TPSA) is 83.8 Å². The molecule has 4 rings (SSSR count). The lowest BCUT2D eigenvalue weighted by atomic mass is 10.2. The molecule has 1 amide bonds. The third-order valence-corrected chi connectivity index (χ3v) is 8.28. The first-order valence-electron chi connectivity index (χ1n) is 12.1. The van der Waals surface area contributed by atoms with Crippen molar-refractivity contribution in [3.63, 3.8) is 0 Å². The first kappa shape index (κ1) is 28.1. The SMILES string of the molecule is Cc1ccc(S(=O)(=O)N(CC(=O)N/N=C\c2cc(C)n(-c3ccc(F)cc3)c2C)c2ccc(Cl)cc2C)cc1. The Bertz CT molecular complexity index is 1650. The molecule has 0 bridgehead atoms. The molecule has 0 aliphatic heterocycles. The molecule has 0 spiro atoms. The number of carbonyl (C=O) groups is 1. The first-order valence-corrected chi connectivity index (χ1v) is 13.9. The van der Waals surface area contributed by atoms with Gasteiger partial charge in [0.05, 0.1) is 16.8 Å². The van der Waals surface area contributed by atoms with Gasteiger partial charge in [-0.2, -0.15) is 5.10 Å². The fourth-order valence-corrected chi connectivity index (χ4v) is 5.99. The second-order valence-electron chi connectivity index (χ2n) is 9.19. The summed E-state index contributed by atoms with van der Waals surface area (Å²) < 4.78 is 43.6. The van der Waals surface area contributed by atoms with Crippen molar-refractivity contribution in [1.29, 1.82) is 0 Å². The number of aromatic nitrogens is 1. The second kappa shape index (κ2) is 11.4. The number of rotatable bonds is 8. The van der Waals surface area contributed by atoms with E-state index in [1.165, 1.54) is 30.5 Å². The minimum atomic E-state index is -4.07. The summed E-state index contributed by atoms with van der Waals surface area (Å²) in [5.41, 5.74) is 7.57. The Morgan fingerprint density at radius 3 is 2.31 bits per heavy atom. The minimum absolute atomic E-state index is 0.0620. The number of anilines is 1. The number of nitrogens with zero attached hydrogens (tertiary/aromatic N) is 3. The highest BCUT2D eigenvalue weighted by atomic mass is 35.5. The summed E-state index contributed by atoms with van der Waals surface area (Å²) in [6, 6.07) is 19.2. The third kappa shape index (κ3) is 6.21. The number of carbonyl (C=O) groups excluding carboxylic acids is 1. The van der Waals surface area contributed by atoms with Gasteiger partial charge in [0, 0.05) is 27.7 Å². The van der Waals surface area contributed by atoms with Gasteiger partial charge in [-0.1, -0.05) is 29.3 Å². The molecule has 0 saturated carbocycles. The average molecular weight is 567 g/mol. The molecule has 0 saturated heterocycles. The van der Waals surface area contributed by atoms with Crippen LogP contribution in [-0.2, 0) is 14.8 Å². The van der Waals surface area contributed by atoms with Crippen LogP contribution >= 0.6 is 11.6 Å². The summed E-state index contributed by atoms with van der Waals surface area (Å²) in [5, 5.41) is 4.53. The van der Waals surface area contributed by atoms with Crippen LogP contribution in [0.1, 0.15) is 28.1 Å². The molecule has 4 aromatic rings. The third-order valence-electron chi connectivity index (χ3n) is 6.27. The van der Waals surface area contributed by atoms with E-state index in [1.807, 2.05) is 31.4 Å². The van der Waals surface area contributed by atoms with E-state index < -0.39 is 22.5 Å². The van der Waals surface area contributed by atoms with Gasteiger partial charge in [0.1, 0.15) is 12.4 Å². The Hall–Kier alpha value is -3.95. The molecule has 202 valence electrons. The van der Waals surface area contributed by atoms with Crippen LogP contribution < -0.4 is 9.73 Å². The van der Waals surface area contributed by atoms with Gasteiger partial charge in [-0.3, -0.25) is 9.10 Å². The summed E-state index contributed by atoms with van der Waals surface area (Å²) in [4.78, 5) is 13.0. The molecule has 7 nitrogen and oxygen atoms in total. The molecule has 0 radical (unpaired) electrons. The molecule has 3 aromatic carbocycles. The van der Waals surface area contributed by atoms with E-state index in [0.717, 1.165) is 32.5 Å². The smallest absolute Gasteiger partial charge is 0.264 e. The van der Waals surface area contributed by atoms with E-state index in [0.29, 0.717) is 16.3 Å². The lowest BCUT2D eigenvalue weighted by Crippen LogP contribution is -2.40. The van der Waals surface area contributed by atoms with Gasteiger partial charge < -0.3 is 4.57 Å². The van der Waals surface area contributed by atoms with Crippen molar-refractivity contribution in [2.24, 2.45) is 5.10 Å². The molecule has 1 heterocycles. The molecule has 0 aliphatic carbocycles. The molecule has 39 heavy (non-hydrogen) atoms. The van der Waals surface area contributed by atoms with Crippen LogP contribution in [0.4, 0.5) is 10.1 Å². The molecule has 0 atom stereocenters. The van der Waals surface area contributed by atoms with E-state index >= 15 is 0 Å². The predicted molar refractivity (Wildman–Crippen MR) is 153 cm³/mol. The van der Waals surface area contributed by atoms with E-state index in [-0.39, 0.29) is 10.7 Å². The highest BCUT2D eigenvalue weighted by molar-refractivity contribution is 7.92. The summed E-state index contributed by atoms with van der Waals surface area (Å²) in [6.45, 7) is 6.89. The van der Waals surface area contributed by atoms with Gasteiger partial charge in [0.25, 0.3) is 15.9 Å². The van der Waals surface area contributed by atoms with Crippen LogP contribution in [0.2, 0.25) is 5.02 Å². The minimum Gasteiger partial charge on any atom is -0.318 e. The summed E-state index contributed by atoms with van der Waals surface area (Å²) in [6.07, 6.45) is 1.49. The van der Waals surface area contributed by atoms with E-state index in [2.05, 4.69) is 10.5 Å². The number of nitrogens with one attached hydrogen (secondary N) is 1. The molecule has 10 heteroatoms. The summed E-state index contributed by atoms with van der Waals surface area (Å²) in [7, 11) is -4.07. The molecular weight excluding hydrogens is 539 g/mol. The zero-order valence-corrected chi connectivity index (χ0v) is 23.5. The Balaban J connectivity index is 1.57. The van der Waals surface area contributed by atoms with Crippen LogP contribution in [0.25, 0.3) is 5.69 Å². The number of hydrogen-bond acceptors (Lipinski definition) is 4. The van der Waals surface area contributed by atoms with E-state index in [4.69, 9.17) is 11.6 Å². The number of hydrazone groups is 1. The Labute approximate surface area is 232 Å². The number of aryl methyl sites for hydroxylation is 3. The zero-order chi connectivity index (χ0) is 28.3. The van der Waals surface area contributed by atoms with Gasteiger partial charge in [-0.05, 0) is 93.9 Å². The fraction of sp³-hybridized carbons (Fsp3) is 0.172. The highest BCUT2D eigenvalue weighted by Crippen LogP contribution is 2.29. The average Bonchev–Trinajstić information content (AvgIpc) is 3.16. The standard InChI is InChI=1S/C29H28ClFN4O3S/c1-19-5-12-27(13-6-19)39(37,38)34(28-14-7-24(30)15-20(28)2)18-29(36)33-32-17-23-16-21(3)35(22(23)4)26-10-8-25(31)9-11-26/h5-17H,18H2,1-4H3,(H,33,36)/b32-17-. The molecular formula is C29H28ClFN4O3S. The Morgan fingerprint density at radius 2 is 1.67 bits per heavy atom. The van der Waals surface area contributed by atoms with Crippen molar-refractivity contribution in [3.05, 3.63) is 112 Å². The van der Waals surface area contributed by atoms with Crippen LogP contribution in [0.5, 0.6) is 0 Å². The Morgan fingerprint density at radius 1 is 1.00 bits per heavy atom. The van der Waals surface area contributed by atoms with Crippen molar-refractivity contribution in [2.45, 2.75) is 32.6 Å². The highest BCUT2D eigenvalue weighted by Gasteiger charge is 2.28. The van der Waals surface area contributed by atoms with Crippen LogP contribution in [0, 0.1) is 33.5 Å². The van der Waals surface area contributed by atoms with Gasteiger partial charge in [-0.25, -0.2) is 18.2 Å². The lowest BCUT2D eigenvalue weighted by molar-refractivity contribution is -0.119. The molecule has 0 aliphatic rings. The van der Waals surface area contributed by atoms with Gasteiger partial charge in [0.15, 0.2) is 0 Å². The van der Waals surface area contributed by atoms with Crippen molar-refractivity contribution in [1.82, 2.24) is 9.99 Å². The van der Waals surface area contributed by atoms with Crippen molar-refractivity contribution >= 4 is 39.4 Å². The number of amides is 1. The van der Waals surface area contributed by atoms with E-state index in [9.17, 15) is 17.6 Å². The summed E-state index contributed by atoms with van der Waals surface area (Å²) in [5.74, 6) is -0.943. The molecule has 1 aromatic heterocycles. The predicted octanol–water partition coefficient (Wildman–Crippen LogP) is 5.85. The normalized spacial score (nSPS) is 11.6. The van der Waals surface area contributed by atoms with Crippen molar-refractivity contribution in [3.8, 4) is 5.69 Å². The monoisotopic (exact) mass is 566 g/mol. The number of halogens is 2. The van der Waals surface area contributed by atoms with Gasteiger partial charge in [0.2, 0.25) is 0 Å². The first-order chi connectivity index (χ1) is 18.5. The Kier molecular flexibility index (Phi) is 8.22. The van der Waals surface area contributed by atoms with Gasteiger partial charge >= 0.3 is 0 Å². The fourth-order valence-electron chi connectivity index (χ4n) is 4.28. The van der Waals surface area contributed by atoms with Crippen molar-refractivity contribution in [2.75, 3.05) is 10.8 Å². The largest absolute Gasteiger partial charge is 0.318 e. The van der Waals surface area contributed by atoms with Crippen LogP contribution in [0.15, 0.2) is 82.8 Å². The van der Waals surface area contributed by atoms with Crippen molar-refractivity contribution < 1.29 is 17.6 Å². The number of benzene rings is 3. The molecule has 0 fully saturated rings. The quantitative estimate of drug-likeness (QED) is 0.214. The zero-order valence-electron chi connectivity index (χ0n) is 21.9. The van der Waals surface area contributed by atoms with Crippen LogP contribution in [0.3, 0.4) is 0 Å². The molecule has 1 N–H and O–H groups in total. The van der Waals surface area contributed by atoms with E-state index in [1.54, 1.807) is 49.4 Å². The maximum atomic E-state index is 13.6. The molecule has 0 unspecified atom stereocenters. The maximum absolute atomic E-state index is 13.6. The van der Waals surface area contributed by atoms with Crippen LogP contribution in [-0.4, -0.2) is 31.7 Å².